The second kappa shape index (κ2) is 6.56. The lowest BCUT2D eigenvalue weighted by Gasteiger charge is -2.35. The Morgan fingerprint density at radius 3 is 1.61 bits per heavy atom. The summed E-state index contributed by atoms with van der Waals surface area (Å²) in [5.74, 6) is -11.2. The largest absolute Gasteiger partial charge is 0.463 e. The van der Waals surface area contributed by atoms with Crippen LogP contribution in [0.15, 0.2) is 38.7 Å². The number of hydrogen-bond donors (Lipinski definition) is 0. The molecule has 3 nitrogen and oxygen atoms in total. The van der Waals surface area contributed by atoms with Crippen LogP contribution in [0.3, 0.4) is 0 Å². The average molecular weight is 493 g/mol. The van der Waals surface area contributed by atoms with Gasteiger partial charge in [0.1, 0.15) is 0 Å². The fourth-order valence-corrected chi connectivity index (χ4v) is 2.11. The van der Waals surface area contributed by atoms with Gasteiger partial charge >= 0.3 is 30.1 Å². The summed E-state index contributed by atoms with van der Waals surface area (Å²) in [6.07, 6.45) is -19.6. The highest BCUT2D eigenvalue weighted by atomic mass is 79.9. The molecule has 28 heavy (non-hydrogen) atoms. The molecular weight excluding hydrogens is 489 g/mol. The summed E-state index contributed by atoms with van der Waals surface area (Å²) in [7, 11) is 0. The van der Waals surface area contributed by atoms with Crippen molar-refractivity contribution in [3.63, 3.8) is 0 Å². The zero-order valence-corrected chi connectivity index (χ0v) is 14.2. The third-order valence-electron chi connectivity index (χ3n) is 3.23. The molecule has 1 aromatic rings. The van der Waals surface area contributed by atoms with Crippen LogP contribution in [-0.4, -0.2) is 41.9 Å². The molecule has 1 aromatic carbocycles. The molecule has 2 rings (SSSR count). The zero-order valence-electron chi connectivity index (χ0n) is 12.6. The van der Waals surface area contributed by atoms with E-state index in [4.69, 9.17) is 0 Å². The maximum absolute atomic E-state index is 13.5. The molecule has 0 amide bonds. The van der Waals surface area contributed by atoms with Gasteiger partial charge in [-0.1, -0.05) is 15.9 Å². The van der Waals surface area contributed by atoms with Crippen LogP contribution in [0.4, 0.5) is 48.3 Å². The number of benzene rings is 1. The van der Waals surface area contributed by atoms with Crippen molar-refractivity contribution < 1.29 is 53.0 Å². The Kier molecular flexibility index (Phi) is 5.24. The van der Waals surface area contributed by atoms with E-state index in [2.05, 4.69) is 25.7 Å². The first-order chi connectivity index (χ1) is 12.4. The van der Waals surface area contributed by atoms with Gasteiger partial charge in [0.2, 0.25) is 5.90 Å². The molecule has 0 radical (unpaired) electrons. The van der Waals surface area contributed by atoms with E-state index in [1.54, 1.807) is 4.99 Å². The molecule has 156 valence electrons. The van der Waals surface area contributed by atoms with Crippen molar-refractivity contribution in [1.82, 2.24) is 0 Å². The van der Waals surface area contributed by atoms with Crippen LogP contribution in [0.5, 0.6) is 0 Å². The van der Waals surface area contributed by atoms with E-state index in [-0.39, 0.29) is 4.47 Å². The van der Waals surface area contributed by atoms with Gasteiger partial charge in [0.25, 0.3) is 5.90 Å². The SMILES string of the molecule is FC(F)(F)C(F)(F)C1=NC(C(F)(F)F)(C(F)(F)F)N=C(c2ccc(Br)cc2)O1. The molecule has 0 fully saturated rings. The molecule has 1 heterocycles. The Hall–Kier alpha value is -1.93. The lowest BCUT2D eigenvalue weighted by molar-refractivity contribution is -0.296. The van der Waals surface area contributed by atoms with Crippen molar-refractivity contribution in [1.29, 1.82) is 0 Å². The van der Waals surface area contributed by atoms with Crippen molar-refractivity contribution in [3.8, 4) is 0 Å². The minimum Gasteiger partial charge on any atom is -0.418 e. The summed E-state index contributed by atoms with van der Waals surface area (Å²) >= 11 is 2.89. The van der Waals surface area contributed by atoms with E-state index in [1.807, 2.05) is 0 Å². The molecule has 0 unspecified atom stereocenters. The molecule has 0 spiro atoms. The van der Waals surface area contributed by atoms with E-state index in [1.165, 1.54) is 0 Å². The lowest BCUT2D eigenvalue weighted by atomic mass is 10.1. The Balaban J connectivity index is 2.81. The Labute approximate surface area is 156 Å². The molecular formula is C13H4BrF11N2O. The number of rotatable bonds is 2. The second-order valence-corrected chi connectivity index (χ2v) is 6.10. The van der Waals surface area contributed by atoms with Crippen LogP contribution >= 0.6 is 15.9 Å². The van der Waals surface area contributed by atoms with E-state index < -0.39 is 47.5 Å². The fourth-order valence-electron chi connectivity index (χ4n) is 1.84. The van der Waals surface area contributed by atoms with Gasteiger partial charge in [0.15, 0.2) is 0 Å². The van der Waals surface area contributed by atoms with Gasteiger partial charge in [-0.05, 0) is 24.3 Å². The summed E-state index contributed by atoms with van der Waals surface area (Å²) in [6, 6.07) is 3.68. The fraction of sp³-hybridized carbons (Fsp3) is 0.385. The van der Waals surface area contributed by atoms with Crippen LogP contribution in [0, 0.1) is 0 Å². The van der Waals surface area contributed by atoms with Gasteiger partial charge in [-0.15, -0.1) is 0 Å². The molecule has 0 N–H and O–H groups in total. The van der Waals surface area contributed by atoms with Crippen molar-refractivity contribution in [2.45, 2.75) is 30.1 Å². The average Bonchev–Trinajstić information content (AvgIpc) is 2.52. The van der Waals surface area contributed by atoms with Crippen LogP contribution in [-0.2, 0) is 4.74 Å². The Bertz CT molecular complexity index is 792. The molecule has 1 aliphatic heterocycles. The van der Waals surface area contributed by atoms with Crippen LogP contribution in [0.25, 0.3) is 0 Å². The minimum atomic E-state index is -6.59. The standard InChI is InChI=1S/C13H4BrF11N2O/c14-6-3-1-5(2-4-6)7-26-10(12(20,21)22,13(23,24)25)27-8(28-7)9(15,16)11(17,18)19/h1-4H. The number of ether oxygens (including phenoxy) is 1. The topological polar surface area (TPSA) is 34.0 Å². The first-order valence-corrected chi connectivity index (χ1v) is 7.43. The second-order valence-electron chi connectivity index (χ2n) is 5.18. The van der Waals surface area contributed by atoms with E-state index in [9.17, 15) is 48.3 Å². The lowest BCUT2D eigenvalue weighted by Crippen LogP contribution is -2.59. The maximum atomic E-state index is 13.5. The van der Waals surface area contributed by atoms with Crippen molar-refractivity contribution in [2.75, 3.05) is 0 Å². The van der Waals surface area contributed by atoms with E-state index in [0.717, 1.165) is 24.3 Å². The van der Waals surface area contributed by atoms with Crippen molar-refractivity contribution in [3.05, 3.63) is 34.3 Å². The molecule has 0 saturated heterocycles. The van der Waals surface area contributed by atoms with Crippen molar-refractivity contribution in [2.24, 2.45) is 9.98 Å². The van der Waals surface area contributed by atoms with Gasteiger partial charge < -0.3 is 4.74 Å². The van der Waals surface area contributed by atoms with Crippen molar-refractivity contribution >= 4 is 27.7 Å². The van der Waals surface area contributed by atoms with Gasteiger partial charge in [0, 0.05) is 10.0 Å². The first kappa shape index (κ1) is 22.4. The smallest absolute Gasteiger partial charge is 0.418 e. The highest BCUT2D eigenvalue weighted by molar-refractivity contribution is 9.10. The molecule has 0 aromatic heterocycles. The number of alkyl halides is 11. The van der Waals surface area contributed by atoms with E-state index >= 15 is 0 Å². The van der Waals surface area contributed by atoms with Crippen LogP contribution in [0.1, 0.15) is 5.56 Å². The molecule has 0 aliphatic carbocycles. The predicted molar refractivity (Wildman–Crippen MR) is 75.0 cm³/mol. The molecule has 0 atom stereocenters. The Morgan fingerprint density at radius 1 is 0.750 bits per heavy atom. The number of hydrogen-bond acceptors (Lipinski definition) is 3. The predicted octanol–water partition coefficient (Wildman–Crippen LogP) is 5.64. The van der Waals surface area contributed by atoms with Gasteiger partial charge in [-0.3, -0.25) is 0 Å². The molecule has 15 heteroatoms. The van der Waals surface area contributed by atoms with Gasteiger partial charge in [-0.25, -0.2) is 9.98 Å². The molecule has 0 saturated carbocycles. The number of aliphatic imine (C=N–C) groups is 2. The highest BCUT2D eigenvalue weighted by Gasteiger charge is 2.76. The van der Waals surface area contributed by atoms with Gasteiger partial charge in [0.05, 0.1) is 0 Å². The number of halogens is 12. The highest BCUT2D eigenvalue weighted by Crippen LogP contribution is 2.50. The number of nitrogens with zero attached hydrogens (tertiary/aromatic N) is 2. The maximum Gasteiger partial charge on any atom is 0.463 e. The summed E-state index contributed by atoms with van der Waals surface area (Å²) < 4.78 is 148. The monoisotopic (exact) mass is 492 g/mol. The normalized spacial score (nSPS) is 18.3. The van der Waals surface area contributed by atoms with Gasteiger partial charge in [-0.2, -0.15) is 48.3 Å². The quantitative estimate of drug-likeness (QED) is 0.492. The molecule has 1 aliphatic rings. The summed E-state index contributed by atoms with van der Waals surface area (Å²) in [6.45, 7) is 0. The summed E-state index contributed by atoms with van der Waals surface area (Å²) in [5.41, 5.74) is -6.35. The zero-order chi connectivity index (χ0) is 21.8. The van der Waals surface area contributed by atoms with Crippen LogP contribution < -0.4 is 0 Å². The third kappa shape index (κ3) is 3.67. The molecule has 0 bridgehead atoms. The Morgan fingerprint density at radius 2 is 1.21 bits per heavy atom. The first-order valence-electron chi connectivity index (χ1n) is 6.64. The third-order valence-corrected chi connectivity index (χ3v) is 3.76. The summed E-state index contributed by atoms with van der Waals surface area (Å²) in [4.78, 5) is 3.81. The minimum absolute atomic E-state index is 0.264. The van der Waals surface area contributed by atoms with Crippen LogP contribution in [0.2, 0.25) is 0 Å². The summed E-state index contributed by atoms with van der Waals surface area (Å²) in [5, 5.41) is 0. The van der Waals surface area contributed by atoms with E-state index in [0.29, 0.717) is 0 Å².